The molecule has 0 amide bonds. The van der Waals surface area contributed by atoms with Crippen LogP contribution in [0.3, 0.4) is 0 Å². The Balaban J connectivity index is 1.05. The second-order valence-corrected chi connectivity index (χ2v) is 8.73. The molecule has 5 rings (SSSR count). The third-order valence-corrected chi connectivity index (χ3v) is 6.78. The highest BCUT2D eigenvalue weighted by Gasteiger charge is 2.43. The molecule has 9 heteroatoms. The number of ether oxygens (including phenoxy) is 1. The highest BCUT2D eigenvalue weighted by atomic mass is 19.1. The first-order chi connectivity index (χ1) is 15.7. The number of hydrogen-bond donors (Lipinski definition) is 0. The number of aromatic nitrogens is 6. The van der Waals surface area contributed by atoms with Crippen LogP contribution in [-0.2, 0) is 6.42 Å². The van der Waals surface area contributed by atoms with E-state index in [9.17, 15) is 4.39 Å². The summed E-state index contributed by atoms with van der Waals surface area (Å²) < 4.78 is 21.4. The molecule has 0 radical (unpaired) electrons. The van der Waals surface area contributed by atoms with E-state index in [2.05, 4.69) is 37.3 Å². The number of benzene rings is 1. The SMILES string of the molecule is CCc1cnc(N2CCC([C@H]3C[C@@H]3CCOc3ccc(-n4cnnn4)c(F)c3)CC2)nc1. The van der Waals surface area contributed by atoms with Gasteiger partial charge in [0.25, 0.3) is 0 Å². The Morgan fingerprint density at radius 3 is 2.66 bits per heavy atom. The monoisotopic (exact) mass is 437 g/mol. The van der Waals surface area contributed by atoms with Gasteiger partial charge in [-0.3, -0.25) is 0 Å². The second kappa shape index (κ2) is 9.18. The number of aryl methyl sites for hydroxylation is 1. The molecule has 0 bridgehead atoms. The van der Waals surface area contributed by atoms with E-state index in [1.165, 1.54) is 41.9 Å². The highest BCUT2D eigenvalue weighted by molar-refractivity contribution is 5.38. The number of tetrazole rings is 1. The van der Waals surface area contributed by atoms with Crippen LogP contribution in [-0.4, -0.2) is 49.9 Å². The van der Waals surface area contributed by atoms with Crippen molar-refractivity contribution in [1.82, 2.24) is 30.2 Å². The smallest absolute Gasteiger partial charge is 0.225 e. The molecule has 8 nitrogen and oxygen atoms in total. The molecule has 1 aliphatic carbocycles. The topological polar surface area (TPSA) is 81.9 Å². The van der Waals surface area contributed by atoms with Crippen molar-refractivity contribution in [2.24, 2.45) is 17.8 Å². The number of anilines is 1. The van der Waals surface area contributed by atoms with Gasteiger partial charge in [0, 0.05) is 31.5 Å². The van der Waals surface area contributed by atoms with Gasteiger partial charge >= 0.3 is 0 Å². The van der Waals surface area contributed by atoms with Gasteiger partial charge in [-0.05, 0) is 78.0 Å². The van der Waals surface area contributed by atoms with Crippen molar-refractivity contribution in [3.05, 3.63) is 48.3 Å². The normalized spacial score (nSPS) is 21.0. The Morgan fingerprint density at radius 1 is 1.16 bits per heavy atom. The minimum absolute atomic E-state index is 0.308. The number of rotatable bonds is 8. The molecular weight excluding hydrogens is 409 g/mol. The molecule has 0 unspecified atom stereocenters. The van der Waals surface area contributed by atoms with Gasteiger partial charge in [-0.15, -0.1) is 5.10 Å². The maximum atomic E-state index is 14.3. The van der Waals surface area contributed by atoms with Gasteiger partial charge in [0.1, 0.15) is 17.8 Å². The lowest BCUT2D eigenvalue weighted by molar-refractivity contribution is 0.283. The molecule has 32 heavy (non-hydrogen) atoms. The van der Waals surface area contributed by atoms with Crippen LogP contribution in [0.4, 0.5) is 10.3 Å². The zero-order chi connectivity index (χ0) is 21.9. The Bertz CT molecular complexity index is 1020. The minimum atomic E-state index is -0.404. The predicted molar refractivity (Wildman–Crippen MR) is 117 cm³/mol. The maximum Gasteiger partial charge on any atom is 0.225 e. The molecular formula is C23H28FN7O. The Hall–Kier alpha value is -3.10. The zero-order valence-corrected chi connectivity index (χ0v) is 18.3. The van der Waals surface area contributed by atoms with E-state index in [4.69, 9.17) is 4.74 Å². The fourth-order valence-electron chi connectivity index (χ4n) is 4.76. The summed E-state index contributed by atoms with van der Waals surface area (Å²) in [6.45, 7) is 4.79. The fraction of sp³-hybridized carbons (Fsp3) is 0.522. The minimum Gasteiger partial charge on any atom is -0.493 e. The van der Waals surface area contributed by atoms with Crippen molar-refractivity contribution in [3.8, 4) is 11.4 Å². The van der Waals surface area contributed by atoms with E-state index >= 15 is 0 Å². The van der Waals surface area contributed by atoms with Gasteiger partial charge in [0.2, 0.25) is 5.95 Å². The summed E-state index contributed by atoms with van der Waals surface area (Å²) in [6.07, 6.45) is 10.9. The van der Waals surface area contributed by atoms with E-state index in [-0.39, 0.29) is 0 Å². The number of halogens is 1. The lowest BCUT2D eigenvalue weighted by atomic mass is 9.90. The summed E-state index contributed by atoms with van der Waals surface area (Å²) in [7, 11) is 0. The molecule has 1 aliphatic heterocycles. The van der Waals surface area contributed by atoms with Crippen molar-refractivity contribution in [2.75, 3.05) is 24.6 Å². The predicted octanol–water partition coefficient (Wildman–Crippen LogP) is 3.48. The molecule has 168 valence electrons. The first kappa shape index (κ1) is 20.8. The Kier molecular flexibility index (Phi) is 5.96. The molecule has 3 aromatic rings. The molecule has 2 aromatic heterocycles. The van der Waals surface area contributed by atoms with Gasteiger partial charge in [-0.25, -0.2) is 14.4 Å². The van der Waals surface area contributed by atoms with Crippen LogP contribution < -0.4 is 9.64 Å². The molecule has 1 aromatic carbocycles. The number of nitrogens with zero attached hydrogens (tertiary/aromatic N) is 7. The third kappa shape index (κ3) is 4.56. The maximum absolute atomic E-state index is 14.3. The molecule has 0 N–H and O–H groups in total. The van der Waals surface area contributed by atoms with E-state index in [0.29, 0.717) is 18.0 Å². The van der Waals surface area contributed by atoms with Crippen LogP contribution >= 0.6 is 0 Å². The van der Waals surface area contributed by atoms with E-state index < -0.39 is 5.82 Å². The lowest BCUT2D eigenvalue weighted by Crippen LogP contribution is -2.35. The molecule has 1 saturated carbocycles. The van der Waals surface area contributed by atoms with Crippen LogP contribution in [0.2, 0.25) is 0 Å². The van der Waals surface area contributed by atoms with Crippen LogP contribution in [0.5, 0.6) is 5.75 Å². The first-order valence-corrected chi connectivity index (χ1v) is 11.4. The van der Waals surface area contributed by atoms with Crippen molar-refractivity contribution < 1.29 is 9.13 Å². The van der Waals surface area contributed by atoms with Crippen LogP contribution in [0.25, 0.3) is 5.69 Å². The van der Waals surface area contributed by atoms with E-state index in [1.807, 2.05) is 12.4 Å². The van der Waals surface area contributed by atoms with E-state index in [0.717, 1.165) is 49.6 Å². The molecule has 2 atom stereocenters. The summed E-state index contributed by atoms with van der Waals surface area (Å²) in [5.74, 6) is 3.29. The summed E-state index contributed by atoms with van der Waals surface area (Å²) >= 11 is 0. The first-order valence-electron chi connectivity index (χ1n) is 11.4. The van der Waals surface area contributed by atoms with Gasteiger partial charge in [0.15, 0.2) is 5.82 Å². The van der Waals surface area contributed by atoms with Crippen LogP contribution in [0, 0.1) is 23.6 Å². The molecule has 2 fully saturated rings. The quantitative estimate of drug-likeness (QED) is 0.534. The summed E-state index contributed by atoms with van der Waals surface area (Å²) in [4.78, 5) is 11.4. The van der Waals surface area contributed by atoms with Gasteiger partial charge < -0.3 is 9.64 Å². The highest BCUT2D eigenvalue weighted by Crippen LogP contribution is 2.49. The largest absolute Gasteiger partial charge is 0.493 e. The van der Waals surface area contributed by atoms with Gasteiger partial charge in [-0.2, -0.15) is 4.68 Å². The Labute approximate surface area is 186 Å². The van der Waals surface area contributed by atoms with Crippen molar-refractivity contribution in [2.45, 2.75) is 39.0 Å². The molecule has 3 heterocycles. The number of piperidine rings is 1. The molecule has 0 spiro atoms. The van der Waals surface area contributed by atoms with E-state index in [1.54, 1.807) is 12.1 Å². The summed E-state index contributed by atoms with van der Waals surface area (Å²) in [6, 6.07) is 4.79. The van der Waals surface area contributed by atoms with Gasteiger partial charge in [0.05, 0.1) is 6.61 Å². The summed E-state index contributed by atoms with van der Waals surface area (Å²) in [5, 5.41) is 10.8. The average Bonchev–Trinajstić information content (AvgIpc) is 3.39. The van der Waals surface area contributed by atoms with Crippen molar-refractivity contribution >= 4 is 5.95 Å². The second-order valence-electron chi connectivity index (χ2n) is 8.73. The van der Waals surface area contributed by atoms with Crippen molar-refractivity contribution in [3.63, 3.8) is 0 Å². The summed E-state index contributed by atoms with van der Waals surface area (Å²) in [5.41, 5.74) is 1.49. The molecule has 1 saturated heterocycles. The average molecular weight is 438 g/mol. The molecule has 2 aliphatic rings. The van der Waals surface area contributed by atoms with Crippen molar-refractivity contribution in [1.29, 1.82) is 0 Å². The fourth-order valence-corrected chi connectivity index (χ4v) is 4.76. The lowest BCUT2D eigenvalue weighted by Gasteiger charge is -2.32. The number of hydrogen-bond acceptors (Lipinski definition) is 7. The third-order valence-electron chi connectivity index (χ3n) is 6.78. The van der Waals surface area contributed by atoms with Crippen LogP contribution in [0.15, 0.2) is 36.9 Å². The Morgan fingerprint density at radius 2 is 1.97 bits per heavy atom. The van der Waals surface area contributed by atoms with Crippen LogP contribution in [0.1, 0.15) is 38.2 Å². The van der Waals surface area contributed by atoms with Gasteiger partial charge in [-0.1, -0.05) is 6.92 Å². The zero-order valence-electron chi connectivity index (χ0n) is 18.3. The standard InChI is InChI=1S/C23H28FN7O/c1-2-16-13-25-23(26-14-16)30-8-5-17(6-9-30)20-11-18(20)7-10-32-19-3-4-22(21(24)12-19)31-15-27-28-29-31/h3-4,12-15,17-18,20H,2,5-11H2,1H3/t18-,20+/m0/s1.